The van der Waals surface area contributed by atoms with Gasteiger partial charge < -0.3 is 5.32 Å². The topological polar surface area (TPSA) is 90.3 Å². The molecular formula is C12H13Cl2N3O3S. The quantitative estimate of drug-likeness (QED) is 0.873. The minimum atomic E-state index is -3.48. The van der Waals surface area contributed by atoms with Crippen molar-refractivity contribution >= 4 is 39.1 Å². The first-order valence-electron chi connectivity index (χ1n) is 5.71. The Bertz CT molecular complexity index is 685. The molecule has 0 aliphatic carbocycles. The molecule has 1 N–H and O–H groups in total. The summed E-state index contributed by atoms with van der Waals surface area (Å²) in [6, 6.07) is 5.58. The Labute approximate surface area is 133 Å². The molecule has 0 radical (unpaired) electrons. The molecule has 0 fully saturated rings. The molecular weight excluding hydrogens is 337 g/mol. The Morgan fingerprint density at radius 3 is 2.62 bits per heavy atom. The molecule has 0 saturated carbocycles. The Morgan fingerprint density at radius 2 is 2.10 bits per heavy atom. The summed E-state index contributed by atoms with van der Waals surface area (Å²) in [6.07, 6.45) is 0.982. The highest BCUT2D eigenvalue weighted by Crippen LogP contribution is 2.29. The number of sulfonamides is 1. The number of nitrogens with one attached hydrogen (secondary N) is 1. The average Bonchev–Trinajstić information content (AvgIpc) is 2.38. The molecule has 0 aromatic heterocycles. The van der Waals surface area contributed by atoms with E-state index in [4.69, 9.17) is 28.5 Å². The highest BCUT2D eigenvalue weighted by atomic mass is 35.5. The van der Waals surface area contributed by atoms with E-state index in [9.17, 15) is 13.2 Å². The average molecular weight is 350 g/mol. The summed E-state index contributed by atoms with van der Waals surface area (Å²) in [5.41, 5.74) is 0.349. The molecule has 9 heteroatoms. The van der Waals surface area contributed by atoms with Gasteiger partial charge in [0.15, 0.2) is 0 Å². The minimum Gasteiger partial charge on any atom is -0.335 e. The number of nitrogens with zero attached hydrogens (tertiary/aromatic N) is 2. The van der Waals surface area contributed by atoms with Gasteiger partial charge in [-0.1, -0.05) is 35.3 Å². The highest BCUT2D eigenvalue weighted by Gasteiger charge is 2.21. The Morgan fingerprint density at radius 1 is 1.48 bits per heavy atom. The number of hydrogen-bond donors (Lipinski definition) is 1. The van der Waals surface area contributed by atoms with Gasteiger partial charge in [0.2, 0.25) is 15.9 Å². The van der Waals surface area contributed by atoms with Crippen molar-refractivity contribution in [3.05, 3.63) is 33.8 Å². The Balaban J connectivity index is 2.87. The number of rotatable bonds is 5. The van der Waals surface area contributed by atoms with E-state index in [1.807, 2.05) is 6.07 Å². The molecule has 21 heavy (non-hydrogen) atoms. The number of hydrogen-bond acceptors (Lipinski definition) is 4. The van der Waals surface area contributed by atoms with Crippen LogP contribution in [-0.4, -0.2) is 38.5 Å². The van der Waals surface area contributed by atoms with Crippen molar-refractivity contribution in [1.82, 2.24) is 9.62 Å². The second-order valence-corrected chi connectivity index (χ2v) is 7.17. The number of halogens is 2. The molecule has 1 unspecified atom stereocenters. The van der Waals surface area contributed by atoms with E-state index >= 15 is 0 Å². The monoisotopic (exact) mass is 349 g/mol. The standard InChI is InChI=1S/C12H13Cl2N3O3S/c1-17(21(2,19)20)7-11(18)16-10(6-15)8-4-3-5-9(13)12(8)14/h3-5,10H,7H2,1-2H3,(H,16,18). The largest absolute Gasteiger partial charge is 0.335 e. The SMILES string of the molecule is CN(CC(=O)NC(C#N)c1cccc(Cl)c1Cl)S(C)(=O)=O. The van der Waals surface area contributed by atoms with Crippen LogP contribution in [0.15, 0.2) is 18.2 Å². The molecule has 0 bridgehead atoms. The van der Waals surface area contributed by atoms with Crippen LogP contribution in [-0.2, 0) is 14.8 Å². The van der Waals surface area contributed by atoms with E-state index in [1.165, 1.54) is 7.05 Å². The Hall–Kier alpha value is -1.33. The van der Waals surface area contributed by atoms with E-state index in [1.54, 1.807) is 18.2 Å². The maximum absolute atomic E-state index is 11.8. The first kappa shape index (κ1) is 17.7. The van der Waals surface area contributed by atoms with Gasteiger partial charge in [0.05, 0.1) is 28.9 Å². The van der Waals surface area contributed by atoms with E-state index in [0.29, 0.717) is 5.56 Å². The van der Waals surface area contributed by atoms with E-state index in [0.717, 1.165) is 10.6 Å². The van der Waals surface area contributed by atoms with Crippen molar-refractivity contribution in [3.63, 3.8) is 0 Å². The predicted molar refractivity (Wildman–Crippen MR) is 80.4 cm³/mol. The van der Waals surface area contributed by atoms with Gasteiger partial charge in [-0.2, -0.15) is 9.57 Å². The normalized spacial score (nSPS) is 12.8. The zero-order chi connectivity index (χ0) is 16.2. The summed E-state index contributed by atoms with van der Waals surface area (Å²) >= 11 is 11.8. The van der Waals surface area contributed by atoms with E-state index < -0.39 is 28.5 Å². The number of carbonyl (C=O) groups excluding carboxylic acids is 1. The van der Waals surface area contributed by atoms with Gasteiger partial charge in [-0.3, -0.25) is 4.79 Å². The summed E-state index contributed by atoms with van der Waals surface area (Å²) in [5.74, 6) is -0.620. The molecule has 1 aromatic rings. The van der Waals surface area contributed by atoms with Crippen molar-refractivity contribution in [2.24, 2.45) is 0 Å². The summed E-state index contributed by atoms with van der Waals surface area (Å²) in [5, 5.41) is 12.0. The third-order valence-corrected chi connectivity index (χ3v) is 4.75. The van der Waals surface area contributed by atoms with Gasteiger partial charge in [-0.05, 0) is 6.07 Å². The van der Waals surface area contributed by atoms with Crippen LogP contribution in [0.1, 0.15) is 11.6 Å². The first-order valence-corrected chi connectivity index (χ1v) is 8.31. The summed E-state index contributed by atoms with van der Waals surface area (Å²) in [6.45, 7) is -0.394. The molecule has 114 valence electrons. The zero-order valence-electron chi connectivity index (χ0n) is 11.3. The van der Waals surface area contributed by atoms with Crippen LogP contribution in [0.3, 0.4) is 0 Å². The Kier molecular flexibility index (Phi) is 5.98. The molecule has 6 nitrogen and oxygen atoms in total. The maximum atomic E-state index is 11.8. The van der Waals surface area contributed by atoms with Crippen LogP contribution < -0.4 is 5.32 Å². The molecule has 0 aliphatic heterocycles. The third-order valence-electron chi connectivity index (χ3n) is 2.66. The van der Waals surface area contributed by atoms with Crippen LogP contribution in [0, 0.1) is 11.3 Å². The van der Waals surface area contributed by atoms with Crippen molar-refractivity contribution in [2.75, 3.05) is 19.8 Å². The zero-order valence-corrected chi connectivity index (χ0v) is 13.6. The molecule has 0 heterocycles. The van der Waals surface area contributed by atoms with E-state index in [-0.39, 0.29) is 10.0 Å². The molecule has 0 saturated heterocycles. The van der Waals surface area contributed by atoms with E-state index in [2.05, 4.69) is 5.32 Å². The van der Waals surface area contributed by atoms with Gasteiger partial charge in [-0.25, -0.2) is 8.42 Å². The molecule has 0 aliphatic rings. The van der Waals surface area contributed by atoms with Crippen LogP contribution in [0.25, 0.3) is 0 Å². The summed E-state index contributed by atoms with van der Waals surface area (Å²) < 4.78 is 23.3. The minimum absolute atomic E-state index is 0.169. The van der Waals surface area contributed by atoms with Crippen LogP contribution in [0.5, 0.6) is 0 Å². The van der Waals surface area contributed by atoms with Crippen molar-refractivity contribution < 1.29 is 13.2 Å². The maximum Gasteiger partial charge on any atom is 0.236 e. The lowest BCUT2D eigenvalue weighted by Gasteiger charge is -2.17. The van der Waals surface area contributed by atoms with Gasteiger partial charge in [0, 0.05) is 12.6 Å². The van der Waals surface area contributed by atoms with Gasteiger partial charge in [-0.15, -0.1) is 0 Å². The fourth-order valence-electron chi connectivity index (χ4n) is 1.45. The third kappa shape index (κ3) is 4.86. The van der Waals surface area contributed by atoms with Crippen molar-refractivity contribution in [1.29, 1.82) is 5.26 Å². The van der Waals surface area contributed by atoms with Crippen molar-refractivity contribution in [2.45, 2.75) is 6.04 Å². The van der Waals surface area contributed by atoms with Crippen molar-refractivity contribution in [3.8, 4) is 6.07 Å². The lowest BCUT2D eigenvalue weighted by molar-refractivity contribution is -0.121. The number of nitriles is 1. The number of amides is 1. The molecule has 1 atom stereocenters. The lowest BCUT2D eigenvalue weighted by Crippen LogP contribution is -2.39. The molecule has 1 rings (SSSR count). The number of carbonyl (C=O) groups is 1. The van der Waals surface area contributed by atoms with Crippen LogP contribution in [0.2, 0.25) is 10.0 Å². The number of likely N-dealkylation sites (N-methyl/N-ethyl adjacent to an activating group) is 1. The second-order valence-electron chi connectivity index (χ2n) is 4.29. The molecule has 0 spiro atoms. The van der Waals surface area contributed by atoms with Gasteiger partial charge in [0.1, 0.15) is 6.04 Å². The highest BCUT2D eigenvalue weighted by molar-refractivity contribution is 7.88. The smallest absolute Gasteiger partial charge is 0.236 e. The lowest BCUT2D eigenvalue weighted by atomic mass is 10.1. The van der Waals surface area contributed by atoms with Crippen LogP contribution in [0.4, 0.5) is 0 Å². The van der Waals surface area contributed by atoms with Crippen LogP contribution >= 0.6 is 23.2 Å². The van der Waals surface area contributed by atoms with Gasteiger partial charge in [0.25, 0.3) is 0 Å². The summed E-state index contributed by atoms with van der Waals surface area (Å²) in [7, 11) is -2.21. The fraction of sp³-hybridized carbons (Fsp3) is 0.333. The van der Waals surface area contributed by atoms with Gasteiger partial charge >= 0.3 is 0 Å². The predicted octanol–water partition coefficient (Wildman–Crippen LogP) is 1.57. The second kappa shape index (κ2) is 7.09. The molecule has 1 amide bonds. The fourth-order valence-corrected chi connectivity index (χ4v) is 2.22. The number of benzene rings is 1. The summed E-state index contributed by atoms with van der Waals surface area (Å²) in [4.78, 5) is 11.8. The molecule has 1 aromatic carbocycles. The first-order chi connectivity index (χ1) is 9.66.